The van der Waals surface area contributed by atoms with E-state index >= 15 is 0 Å². The summed E-state index contributed by atoms with van der Waals surface area (Å²) in [5.74, 6) is 0.656. The first-order valence-electron chi connectivity index (χ1n) is 6.12. The minimum atomic E-state index is 0.0616. The molecule has 0 amide bonds. The number of halogens is 1. The van der Waals surface area contributed by atoms with Gasteiger partial charge in [0.25, 0.3) is 0 Å². The van der Waals surface area contributed by atoms with Crippen LogP contribution < -0.4 is 0 Å². The highest BCUT2D eigenvalue weighted by molar-refractivity contribution is 6.32. The largest absolute Gasteiger partial charge is 0.299 e. The van der Waals surface area contributed by atoms with Crippen molar-refractivity contribution in [3.8, 4) is 0 Å². The number of aromatic nitrogens is 2. The molecule has 1 aromatic heterocycles. The molecule has 0 radical (unpaired) electrons. The maximum atomic E-state index is 12.1. The summed E-state index contributed by atoms with van der Waals surface area (Å²) in [6.07, 6.45) is 0.382. The molecule has 1 heterocycles. The number of nitrogens with zero attached hydrogens (tertiary/aromatic N) is 2. The molecule has 1 unspecified atom stereocenters. The van der Waals surface area contributed by atoms with Crippen molar-refractivity contribution in [1.82, 2.24) is 9.78 Å². The number of Topliss-reactive ketones (excluding diaryl/α,β-unsaturated/α-hetero) is 1. The van der Waals surface area contributed by atoms with Crippen molar-refractivity contribution >= 4 is 17.4 Å². The van der Waals surface area contributed by atoms with E-state index in [-0.39, 0.29) is 11.7 Å². The van der Waals surface area contributed by atoms with Crippen LogP contribution in [0.25, 0.3) is 0 Å². The smallest absolute Gasteiger partial charge is 0.141 e. The van der Waals surface area contributed by atoms with Crippen LogP contribution in [0.15, 0.2) is 0 Å². The zero-order valence-electron chi connectivity index (χ0n) is 11.2. The van der Waals surface area contributed by atoms with Gasteiger partial charge < -0.3 is 0 Å². The van der Waals surface area contributed by atoms with E-state index in [4.69, 9.17) is 11.6 Å². The minimum absolute atomic E-state index is 0.0616. The maximum Gasteiger partial charge on any atom is 0.141 e. The highest BCUT2D eigenvalue weighted by Gasteiger charge is 2.21. The molecule has 0 bridgehead atoms. The Balaban J connectivity index is 2.91. The first kappa shape index (κ1) is 14.2. The fraction of sp³-hybridized carbons (Fsp3) is 0.692. The zero-order chi connectivity index (χ0) is 13.2. The van der Waals surface area contributed by atoms with Crippen LogP contribution in [0.2, 0.25) is 5.02 Å². The average molecular weight is 257 g/mol. The highest BCUT2D eigenvalue weighted by Crippen LogP contribution is 2.23. The summed E-state index contributed by atoms with van der Waals surface area (Å²) in [5, 5.41) is 4.95. The third kappa shape index (κ3) is 3.09. The number of ketones is 1. The van der Waals surface area contributed by atoms with Crippen LogP contribution in [0, 0.1) is 18.8 Å². The Morgan fingerprint density at radius 3 is 2.47 bits per heavy atom. The quantitative estimate of drug-likeness (QED) is 0.811. The van der Waals surface area contributed by atoms with Crippen molar-refractivity contribution in [2.45, 2.75) is 47.6 Å². The number of hydrogen-bond donors (Lipinski definition) is 0. The Labute approximate surface area is 108 Å². The van der Waals surface area contributed by atoms with Gasteiger partial charge in [-0.05, 0) is 19.8 Å². The molecule has 0 aliphatic heterocycles. The molecule has 1 rings (SSSR count). The van der Waals surface area contributed by atoms with Gasteiger partial charge in [0.15, 0.2) is 0 Å². The second-order valence-electron chi connectivity index (χ2n) is 4.84. The third-order valence-corrected chi connectivity index (χ3v) is 3.79. The van der Waals surface area contributed by atoms with E-state index in [1.54, 1.807) is 0 Å². The van der Waals surface area contributed by atoms with E-state index in [1.165, 1.54) is 0 Å². The van der Waals surface area contributed by atoms with Crippen LogP contribution in [0.4, 0.5) is 0 Å². The van der Waals surface area contributed by atoms with Crippen molar-refractivity contribution in [2.75, 3.05) is 0 Å². The summed E-state index contributed by atoms with van der Waals surface area (Å²) in [4.78, 5) is 12.1. The monoisotopic (exact) mass is 256 g/mol. The summed E-state index contributed by atoms with van der Waals surface area (Å²) in [7, 11) is 0. The van der Waals surface area contributed by atoms with E-state index in [1.807, 2.05) is 25.5 Å². The van der Waals surface area contributed by atoms with Crippen LogP contribution in [-0.4, -0.2) is 15.6 Å². The molecular weight excluding hydrogens is 236 g/mol. The van der Waals surface area contributed by atoms with Gasteiger partial charge in [-0.3, -0.25) is 9.48 Å². The standard InChI is InChI=1S/C13H21ClN2O/c1-6-16-11(13(14)10(5)15-16)7-12(17)9(4)8(2)3/h8-9H,6-7H2,1-5H3. The normalized spacial score (nSPS) is 13.1. The molecule has 4 heteroatoms. The average Bonchev–Trinajstić information content (AvgIpc) is 2.55. The van der Waals surface area contributed by atoms with Crippen molar-refractivity contribution in [2.24, 2.45) is 11.8 Å². The lowest BCUT2D eigenvalue weighted by Crippen LogP contribution is -2.20. The second kappa shape index (κ2) is 5.67. The number of rotatable bonds is 5. The van der Waals surface area contributed by atoms with Gasteiger partial charge in [-0.1, -0.05) is 32.4 Å². The van der Waals surface area contributed by atoms with Crippen molar-refractivity contribution < 1.29 is 4.79 Å². The molecule has 0 saturated carbocycles. The van der Waals surface area contributed by atoms with E-state index in [9.17, 15) is 4.79 Å². The van der Waals surface area contributed by atoms with Crippen molar-refractivity contribution in [1.29, 1.82) is 0 Å². The molecule has 0 aromatic carbocycles. The fourth-order valence-electron chi connectivity index (χ4n) is 1.74. The second-order valence-corrected chi connectivity index (χ2v) is 5.22. The SMILES string of the molecule is CCn1nc(C)c(Cl)c1CC(=O)C(C)C(C)C. The summed E-state index contributed by atoms with van der Waals surface area (Å²) in [6, 6.07) is 0. The van der Waals surface area contributed by atoms with Gasteiger partial charge in [0, 0.05) is 12.5 Å². The lowest BCUT2D eigenvalue weighted by Gasteiger charge is -2.14. The summed E-state index contributed by atoms with van der Waals surface area (Å²) >= 11 is 6.19. The molecule has 0 saturated heterocycles. The zero-order valence-corrected chi connectivity index (χ0v) is 12.0. The Hall–Kier alpha value is -0.830. The summed E-state index contributed by atoms with van der Waals surface area (Å²) in [6.45, 7) is 10.7. The molecule has 0 aliphatic rings. The molecule has 96 valence electrons. The van der Waals surface area contributed by atoms with E-state index in [0.29, 0.717) is 17.4 Å². The van der Waals surface area contributed by atoms with Crippen molar-refractivity contribution in [3.63, 3.8) is 0 Å². The van der Waals surface area contributed by atoms with Gasteiger partial charge >= 0.3 is 0 Å². The molecule has 0 spiro atoms. The van der Waals surface area contributed by atoms with Gasteiger partial charge in [0.2, 0.25) is 0 Å². The van der Waals surface area contributed by atoms with Gasteiger partial charge in [-0.15, -0.1) is 0 Å². The summed E-state index contributed by atoms with van der Waals surface area (Å²) < 4.78 is 1.82. The van der Waals surface area contributed by atoms with Gasteiger partial charge in [0.1, 0.15) is 5.78 Å². The first-order valence-corrected chi connectivity index (χ1v) is 6.50. The minimum Gasteiger partial charge on any atom is -0.299 e. The topological polar surface area (TPSA) is 34.9 Å². The van der Waals surface area contributed by atoms with Crippen LogP contribution in [0.3, 0.4) is 0 Å². The number of aryl methyl sites for hydroxylation is 2. The summed E-state index contributed by atoms with van der Waals surface area (Å²) in [5.41, 5.74) is 1.65. The van der Waals surface area contributed by atoms with Crippen LogP contribution in [-0.2, 0) is 17.8 Å². The lowest BCUT2D eigenvalue weighted by atomic mass is 9.91. The van der Waals surface area contributed by atoms with Crippen LogP contribution >= 0.6 is 11.6 Å². The van der Waals surface area contributed by atoms with Crippen LogP contribution in [0.5, 0.6) is 0 Å². The van der Waals surface area contributed by atoms with Crippen molar-refractivity contribution in [3.05, 3.63) is 16.4 Å². The molecule has 0 aliphatic carbocycles. The number of carbonyl (C=O) groups excluding carboxylic acids is 1. The van der Waals surface area contributed by atoms with E-state index in [2.05, 4.69) is 18.9 Å². The maximum absolute atomic E-state index is 12.1. The Bertz CT molecular complexity index is 410. The van der Waals surface area contributed by atoms with Gasteiger partial charge in [0.05, 0.1) is 22.8 Å². The molecule has 3 nitrogen and oxygen atoms in total. The van der Waals surface area contributed by atoms with Gasteiger partial charge in [-0.2, -0.15) is 5.10 Å². The lowest BCUT2D eigenvalue weighted by molar-refractivity contribution is -0.123. The molecule has 1 aromatic rings. The molecular formula is C13H21ClN2O. The first-order chi connectivity index (χ1) is 7.88. The number of carbonyl (C=O) groups is 1. The van der Waals surface area contributed by atoms with Crippen LogP contribution in [0.1, 0.15) is 39.1 Å². The fourth-order valence-corrected chi connectivity index (χ4v) is 1.94. The molecule has 0 fully saturated rings. The molecule has 1 atom stereocenters. The Kier molecular flexibility index (Phi) is 4.75. The third-order valence-electron chi connectivity index (χ3n) is 3.30. The predicted molar refractivity (Wildman–Crippen MR) is 70.4 cm³/mol. The Morgan fingerprint density at radius 2 is 2.00 bits per heavy atom. The molecule has 0 N–H and O–H groups in total. The number of hydrogen-bond acceptors (Lipinski definition) is 2. The highest BCUT2D eigenvalue weighted by atomic mass is 35.5. The van der Waals surface area contributed by atoms with E-state index < -0.39 is 0 Å². The van der Waals surface area contributed by atoms with E-state index in [0.717, 1.165) is 17.9 Å². The Morgan fingerprint density at radius 1 is 1.41 bits per heavy atom. The molecule has 17 heavy (non-hydrogen) atoms. The predicted octanol–water partition coefficient (Wildman–Crippen LogP) is 3.27. The van der Waals surface area contributed by atoms with Gasteiger partial charge in [-0.25, -0.2) is 0 Å².